The number of benzene rings is 9. The molecule has 0 fully saturated rings. The van der Waals surface area contributed by atoms with Gasteiger partial charge in [0.1, 0.15) is 0 Å². The van der Waals surface area contributed by atoms with Gasteiger partial charge >= 0.3 is 6.85 Å². The van der Waals surface area contributed by atoms with Gasteiger partial charge in [0.15, 0.2) is 0 Å². The molecule has 9 aromatic carbocycles. The molecule has 0 saturated carbocycles. The second-order valence-electron chi connectivity index (χ2n) is 20.6. The largest absolute Gasteiger partial charge is 0.376 e. The van der Waals surface area contributed by atoms with Gasteiger partial charge in [0.2, 0.25) is 0 Å². The lowest BCUT2D eigenvalue weighted by atomic mass is 9.43. The van der Waals surface area contributed by atoms with Crippen LogP contribution in [-0.2, 0) is 10.8 Å². The number of fused-ring (bicyclic) bond motifs is 8. The van der Waals surface area contributed by atoms with Crippen LogP contribution in [0.5, 0.6) is 0 Å². The van der Waals surface area contributed by atoms with Crippen LogP contribution in [-0.4, -0.2) is 6.85 Å². The first-order chi connectivity index (χ1) is 32.4. The van der Waals surface area contributed by atoms with Gasteiger partial charge in [0, 0.05) is 43.7 Å². The van der Waals surface area contributed by atoms with E-state index in [-0.39, 0.29) is 17.7 Å². The number of anilines is 5. The summed E-state index contributed by atoms with van der Waals surface area (Å²) in [5, 5.41) is 2.59. The lowest BCUT2D eigenvalue weighted by Gasteiger charge is -2.46. The third-order valence-corrected chi connectivity index (χ3v) is 15.5. The van der Waals surface area contributed by atoms with Gasteiger partial charge in [0.05, 0.1) is 16.1 Å². The average Bonchev–Trinajstić information content (AvgIpc) is 3.73. The number of hydrogen-bond donors (Lipinski definition) is 0. The fourth-order valence-electron chi connectivity index (χ4n) is 10.8. The molecule has 2 aliphatic rings. The highest BCUT2D eigenvalue weighted by atomic mass is 32.1. The maximum Gasteiger partial charge on any atom is 0.333 e. The fraction of sp³-hybridized carbons (Fsp3) is 0.143. The van der Waals surface area contributed by atoms with Gasteiger partial charge in [-0.05, 0) is 133 Å². The van der Waals surface area contributed by atoms with Crippen molar-refractivity contribution in [1.82, 2.24) is 0 Å². The maximum absolute atomic E-state index is 2.67. The monoisotopic (exact) mass is 880 g/mol. The van der Waals surface area contributed by atoms with Crippen molar-refractivity contribution in [2.45, 2.75) is 59.3 Å². The Hall–Kier alpha value is -7.14. The van der Waals surface area contributed by atoms with Crippen LogP contribution in [0.3, 0.4) is 0 Å². The molecule has 0 bridgehead atoms. The summed E-state index contributed by atoms with van der Waals surface area (Å²) in [4.78, 5) is 5.33. The zero-order valence-electron chi connectivity index (χ0n) is 39.4. The van der Waals surface area contributed by atoms with Crippen molar-refractivity contribution in [3.8, 4) is 44.5 Å². The Balaban J connectivity index is 1.25. The Kier molecular flexibility index (Phi) is 9.54. The lowest BCUT2D eigenvalue weighted by molar-refractivity contribution is 0.590. The zero-order chi connectivity index (χ0) is 45.8. The molecular weight excluding hydrogens is 828 g/mol. The van der Waals surface area contributed by atoms with Gasteiger partial charge in [-0.15, -0.1) is 11.3 Å². The van der Waals surface area contributed by atoms with Crippen LogP contribution in [0.25, 0.3) is 64.7 Å². The van der Waals surface area contributed by atoms with E-state index in [1.807, 2.05) is 11.3 Å². The van der Waals surface area contributed by atoms with Crippen LogP contribution >= 0.6 is 11.3 Å². The summed E-state index contributed by atoms with van der Waals surface area (Å²) >= 11 is 1.92. The molecule has 10 aromatic rings. The van der Waals surface area contributed by atoms with Gasteiger partial charge in [0.25, 0.3) is 0 Å². The van der Waals surface area contributed by atoms with Crippen LogP contribution < -0.4 is 20.6 Å². The van der Waals surface area contributed by atoms with Crippen LogP contribution in [0.15, 0.2) is 194 Å². The summed E-state index contributed by atoms with van der Waals surface area (Å²) in [5.74, 6) is 0. The van der Waals surface area contributed by atoms with Crippen molar-refractivity contribution in [2.75, 3.05) is 9.71 Å². The summed E-state index contributed by atoms with van der Waals surface area (Å²) in [5.41, 5.74) is 22.4. The molecule has 0 spiro atoms. The predicted molar refractivity (Wildman–Crippen MR) is 291 cm³/mol. The molecule has 1 aromatic heterocycles. The van der Waals surface area contributed by atoms with Gasteiger partial charge in [-0.25, -0.2) is 0 Å². The highest BCUT2D eigenvalue weighted by Gasteiger charge is 2.46. The second kappa shape index (κ2) is 15.5. The molecular formula is C63H53BN2S. The van der Waals surface area contributed by atoms with Crippen molar-refractivity contribution < 1.29 is 0 Å². The molecule has 12 rings (SSSR count). The standard InChI is InChI=1S/C63H53BN2S/c1-40-18-14-15-23-48(40)44-37-53-52-36-43(41-19-10-8-11-20-41)26-34-56(52)66(47-30-27-45(28-31-47)62(2,3)4)64-54-33-32-50-49-24-16-17-25-58(49)67-61(50)60(54)65(57(38-44)59(53)64)55-35-29-46(63(5,6)7)39-51(55)42-21-12-9-13-22-42/h8-39H,1-7H3. The summed E-state index contributed by atoms with van der Waals surface area (Å²) in [6.07, 6.45) is 0. The minimum absolute atomic E-state index is 0.0262. The third kappa shape index (κ3) is 6.76. The van der Waals surface area contributed by atoms with E-state index in [1.54, 1.807) is 0 Å². The average molecular weight is 881 g/mol. The molecule has 0 atom stereocenters. The Labute approximate surface area is 399 Å². The molecule has 0 aliphatic carbocycles. The highest BCUT2D eigenvalue weighted by Crippen LogP contribution is 2.53. The van der Waals surface area contributed by atoms with Crippen LogP contribution in [0.2, 0.25) is 0 Å². The quantitative estimate of drug-likeness (QED) is 0.159. The van der Waals surface area contributed by atoms with E-state index >= 15 is 0 Å². The molecule has 4 heteroatoms. The van der Waals surface area contributed by atoms with E-state index in [2.05, 4.69) is 252 Å². The van der Waals surface area contributed by atoms with Gasteiger partial charge in [-0.1, -0.05) is 181 Å². The van der Waals surface area contributed by atoms with E-state index in [9.17, 15) is 0 Å². The molecule has 2 aliphatic heterocycles. The second-order valence-corrected chi connectivity index (χ2v) is 21.7. The molecule has 0 saturated heterocycles. The summed E-state index contributed by atoms with van der Waals surface area (Å²) in [6, 6.07) is 73.5. The third-order valence-electron chi connectivity index (χ3n) is 14.3. The molecule has 0 unspecified atom stereocenters. The van der Waals surface area contributed by atoms with Gasteiger partial charge in [-0.2, -0.15) is 0 Å². The molecule has 3 heterocycles. The number of nitrogens with zero attached hydrogens (tertiary/aromatic N) is 2. The van der Waals surface area contributed by atoms with Crippen molar-refractivity contribution in [1.29, 1.82) is 0 Å². The molecule has 0 radical (unpaired) electrons. The van der Waals surface area contributed by atoms with E-state index in [0.29, 0.717) is 0 Å². The van der Waals surface area contributed by atoms with Crippen LogP contribution in [0.4, 0.5) is 28.4 Å². The van der Waals surface area contributed by atoms with E-state index in [0.717, 1.165) is 0 Å². The van der Waals surface area contributed by atoms with Crippen molar-refractivity contribution in [3.63, 3.8) is 0 Å². The fourth-order valence-corrected chi connectivity index (χ4v) is 12.0. The Bertz CT molecular complexity index is 3560. The summed E-state index contributed by atoms with van der Waals surface area (Å²) in [6.45, 7) is 16.0. The number of hydrogen-bond acceptors (Lipinski definition) is 3. The first kappa shape index (κ1) is 41.3. The van der Waals surface area contributed by atoms with Crippen LogP contribution in [0, 0.1) is 6.92 Å². The predicted octanol–water partition coefficient (Wildman–Crippen LogP) is 16.7. The minimum atomic E-state index is -0.124. The molecule has 67 heavy (non-hydrogen) atoms. The summed E-state index contributed by atoms with van der Waals surface area (Å²) in [7, 11) is 0. The van der Waals surface area contributed by atoms with Gasteiger partial charge in [-0.3, -0.25) is 0 Å². The SMILES string of the molecule is Cc1ccccc1-c1cc2c3c(c1)N(c1ccc(C(C)(C)C)cc1-c1ccccc1)c1c(ccc4c1sc1ccccc14)B3N(c1ccc(C(C)(C)C)cc1)c1ccc(-c3ccccc3)cc1-2. The topological polar surface area (TPSA) is 6.48 Å². The smallest absolute Gasteiger partial charge is 0.333 e. The molecule has 324 valence electrons. The van der Waals surface area contributed by atoms with E-state index < -0.39 is 0 Å². The van der Waals surface area contributed by atoms with Crippen molar-refractivity contribution >= 4 is 77.7 Å². The maximum atomic E-state index is 2.67. The number of thiophene rings is 1. The highest BCUT2D eigenvalue weighted by molar-refractivity contribution is 7.26. The van der Waals surface area contributed by atoms with Gasteiger partial charge < -0.3 is 9.71 Å². The zero-order valence-corrected chi connectivity index (χ0v) is 40.2. The van der Waals surface area contributed by atoms with E-state index in [4.69, 9.17) is 0 Å². The minimum Gasteiger partial charge on any atom is -0.376 e. The van der Waals surface area contributed by atoms with Crippen molar-refractivity contribution in [3.05, 3.63) is 211 Å². The first-order valence-corrected chi connectivity index (χ1v) is 24.5. The Morgan fingerprint density at radius 1 is 0.433 bits per heavy atom. The molecule has 0 N–H and O–H groups in total. The molecule has 0 amide bonds. The number of rotatable bonds is 5. The Morgan fingerprint density at radius 3 is 1.81 bits per heavy atom. The van der Waals surface area contributed by atoms with E-state index in [1.165, 1.54) is 121 Å². The Morgan fingerprint density at radius 2 is 1.07 bits per heavy atom. The van der Waals surface area contributed by atoms with Crippen LogP contribution in [0.1, 0.15) is 58.2 Å². The number of aryl methyl sites for hydroxylation is 1. The summed E-state index contributed by atoms with van der Waals surface area (Å²) < 4.78 is 2.61. The molecule has 2 nitrogen and oxygen atoms in total. The van der Waals surface area contributed by atoms with Crippen molar-refractivity contribution in [2.24, 2.45) is 0 Å². The first-order valence-electron chi connectivity index (χ1n) is 23.7. The lowest BCUT2D eigenvalue weighted by Crippen LogP contribution is -2.61. The normalized spacial score (nSPS) is 13.2.